The van der Waals surface area contributed by atoms with E-state index in [1.54, 1.807) is 19.2 Å². The minimum absolute atomic E-state index is 0.000945. The molecule has 0 spiro atoms. The van der Waals surface area contributed by atoms with Crippen LogP contribution < -0.4 is 10.1 Å². The predicted octanol–water partition coefficient (Wildman–Crippen LogP) is 2.96. The summed E-state index contributed by atoms with van der Waals surface area (Å²) in [6.07, 6.45) is 0. The van der Waals surface area contributed by atoms with Crippen molar-refractivity contribution in [2.75, 3.05) is 13.7 Å². The summed E-state index contributed by atoms with van der Waals surface area (Å²) < 4.78 is 22.8. The van der Waals surface area contributed by atoms with Gasteiger partial charge in [-0.05, 0) is 35.9 Å². The average molecular weight is 352 g/mol. The summed E-state index contributed by atoms with van der Waals surface area (Å²) in [6.45, 7) is -0.166. The van der Waals surface area contributed by atoms with Gasteiger partial charge in [0.2, 0.25) is 0 Å². The highest BCUT2D eigenvalue weighted by molar-refractivity contribution is 6.33. The van der Waals surface area contributed by atoms with Crippen LogP contribution in [0.1, 0.15) is 15.9 Å². The average Bonchev–Trinajstić information content (AvgIpc) is 2.58. The summed E-state index contributed by atoms with van der Waals surface area (Å²) in [4.78, 5) is 23.5. The number of halogens is 2. The Morgan fingerprint density at radius 2 is 1.88 bits per heavy atom. The Kier molecular flexibility index (Phi) is 6.14. The monoisotopic (exact) mass is 351 g/mol. The molecular formula is C17H15ClFNO4. The summed E-state index contributed by atoms with van der Waals surface area (Å²) in [7, 11) is 1.57. The van der Waals surface area contributed by atoms with Gasteiger partial charge in [-0.15, -0.1) is 0 Å². The van der Waals surface area contributed by atoms with Crippen molar-refractivity contribution in [3.05, 3.63) is 64.4 Å². The minimum Gasteiger partial charge on any atom is -0.497 e. The molecule has 0 aromatic heterocycles. The molecule has 24 heavy (non-hydrogen) atoms. The fraction of sp³-hybridized carbons (Fsp3) is 0.176. The van der Waals surface area contributed by atoms with Crippen LogP contribution in [-0.2, 0) is 16.1 Å². The first kappa shape index (κ1) is 17.7. The zero-order valence-corrected chi connectivity index (χ0v) is 13.6. The molecule has 2 aromatic carbocycles. The summed E-state index contributed by atoms with van der Waals surface area (Å²) in [5.74, 6) is -1.10. The zero-order valence-electron chi connectivity index (χ0n) is 12.8. The predicted molar refractivity (Wildman–Crippen MR) is 86.5 cm³/mol. The number of rotatable bonds is 6. The fourth-order valence-electron chi connectivity index (χ4n) is 1.86. The van der Waals surface area contributed by atoms with Crippen molar-refractivity contribution in [3.8, 4) is 5.75 Å². The molecule has 0 fully saturated rings. The summed E-state index contributed by atoms with van der Waals surface area (Å²) in [6, 6.07) is 10.5. The topological polar surface area (TPSA) is 64.6 Å². The Bertz CT molecular complexity index is 734. The van der Waals surface area contributed by atoms with Crippen LogP contribution in [0.15, 0.2) is 42.5 Å². The highest BCUT2D eigenvalue weighted by atomic mass is 35.5. The van der Waals surface area contributed by atoms with E-state index in [9.17, 15) is 14.0 Å². The molecule has 0 aliphatic heterocycles. The molecule has 0 saturated heterocycles. The second-order valence-electron chi connectivity index (χ2n) is 4.83. The molecule has 0 atom stereocenters. The molecule has 0 unspecified atom stereocenters. The lowest BCUT2D eigenvalue weighted by molar-refractivity contribution is -0.124. The first-order valence-electron chi connectivity index (χ1n) is 7.01. The number of ether oxygens (including phenoxy) is 2. The van der Waals surface area contributed by atoms with Crippen LogP contribution >= 0.6 is 11.6 Å². The van der Waals surface area contributed by atoms with E-state index in [4.69, 9.17) is 21.1 Å². The summed E-state index contributed by atoms with van der Waals surface area (Å²) in [5, 5.41) is 2.55. The first-order valence-corrected chi connectivity index (χ1v) is 7.39. The molecule has 0 radical (unpaired) electrons. The molecule has 0 saturated carbocycles. The number of amides is 1. The van der Waals surface area contributed by atoms with E-state index >= 15 is 0 Å². The largest absolute Gasteiger partial charge is 0.497 e. The Morgan fingerprint density at radius 3 is 2.50 bits per heavy atom. The maximum Gasteiger partial charge on any atom is 0.340 e. The highest BCUT2D eigenvalue weighted by Gasteiger charge is 2.14. The molecule has 0 aliphatic rings. The van der Waals surface area contributed by atoms with E-state index in [0.717, 1.165) is 23.4 Å². The number of esters is 1. The third-order valence-electron chi connectivity index (χ3n) is 3.13. The molecule has 1 N–H and O–H groups in total. The van der Waals surface area contributed by atoms with Crippen molar-refractivity contribution in [2.24, 2.45) is 0 Å². The van der Waals surface area contributed by atoms with Gasteiger partial charge in [-0.3, -0.25) is 4.79 Å². The molecular weight excluding hydrogens is 337 g/mol. The number of carbonyl (C=O) groups is 2. The highest BCUT2D eigenvalue weighted by Crippen LogP contribution is 2.18. The van der Waals surface area contributed by atoms with Gasteiger partial charge in [-0.2, -0.15) is 0 Å². The van der Waals surface area contributed by atoms with Crippen LogP contribution in [0.3, 0.4) is 0 Å². The van der Waals surface area contributed by atoms with Gasteiger partial charge in [0, 0.05) is 6.54 Å². The van der Waals surface area contributed by atoms with E-state index in [0.29, 0.717) is 0 Å². The smallest absolute Gasteiger partial charge is 0.340 e. The Balaban J connectivity index is 1.80. The van der Waals surface area contributed by atoms with Crippen LogP contribution in [0.5, 0.6) is 5.75 Å². The molecule has 0 bridgehead atoms. The number of methoxy groups -OCH3 is 1. The standard InChI is InChI=1S/C17H15ClFNO4/c1-23-13-5-2-11(3-6-13)9-20-16(21)10-24-17(22)14-7-4-12(19)8-15(14)18/h2-8H,9-10H2,1H3,(H,20,21). The van der Waals surface area contributed by atoms with Gasteiger partial charge < -0.3 is 14.8 Å². The van der Waals surface area contributed by atoms with Crippen LogP contribution in [0.4, 0.5) is 4.39 Å². The van der Waals surface area contributed by atoms with E-state index in [2.05, 4.69) is 5.32 Å². The van der Waals surface area contributed by atoms with Crippen LogP contribution in [-0.4, -0.2) is 25.6 Å². The van der Waals surface area contributed by atoms with Crippen LogP contribution in [0.2, 0.25) is 5.02 Å². The molecule has 2 aromatic rings. The third-order valence-corrected chi connectivity index (χ3v) is 3.45. The number of benzene rings is 2. The number of hydrogen-bond acceptors (Lipinski definition) is 4. The maximum absolute atomic E-state index is 12.9. The minimum atomic E-state index is -0.792. The molecule has 1 amide bonds. The SMILES string of the molecule is COc1ccc(CNC(=O)COC(=O)c2ccc(F)cc2Cl)cc1. The van der Waals surface area contributed by atoms with Gasteiger partial charge in [0.25, 0.3) is 5.91 Å². The number of nitrogens with one attached hydrogen (secondary N) is 1. The van der Waals surface area contributed by atoms with E-state index < -0.39 is 24.3 Å². The maximum atomic E-state index is 12.9. The van der Waals surface area contributed by atoms with Crippen molar-refractivity contribution in [2.45, 2.75) is 6.54 Å². The number of hydrogen-bond donors (Lipinski definition) is 1. The lowest BCUT2D eigenvalue weighted by Crippen LogP contribution is -2.28. The van der Waals surface area contributed by atoms with Gasteiger partial charge in [-0.25, -0.2) is 9.18 Å². The van der Waals surface area contributed by atoms with Crippen molar-refractivity contribution in [1.29, 1.82) is 0 Å². The molecule has 7 heteroatoms. The Labute approximate surface area is 143 Å². The van der Waals surface area contributed by atoms with E-state index in [1.807, 2.05) is 12.1 Å². The van der Waals surface area contributed by atoms with Gasteiger partial charge in [0.05, 0.1) is 17.7 Å². The quantitative estimate of drug-likeness (QED) is 0.813. The second-order valence-corrected chi connectivity index (χ2v) is 5.23. The molecule has 0 aliphatic carbocycles. The van der Waals surface area contributed by atoms with E-state index in [-0.39, 0.29) is 17.1 Å². The third kappa shape index (κ3) is 4.96. The van der Waals surface area contributed by atoms with Crippen LogP contribution in [0, 0.1) is 5.82 Å². The normalized spacial score (nSPS) is 10.1. The van der Waals surface area contributed by atoms with Crippen molar-refractivity contribution in [3.63, 3.8) is 0 Å². The Morgan fingerprint density at radius 1 is 1.17 bits per heavy atom. The van der Waals surface area contributed by atoms with Gasteiger partial charge in [0.15, 0.2) is 6.61 Å². The van der Waals surface area contributed by atoms with Crippen molar-refractivity contribution in [1.82, 2.24) is 5.32 Å². The second kappa shape index (κ2) is 8.31. The first-order chi connectivity index (χ1) is 11.5. The zero-order chi connectivity index (χ0) is 17.5. The summed E-state index contributed by atoms with van der Waals surface area (Å²) >= 11 is 5.75. The number of carbonyl (C=O) groups excluding carboxylic acids is 2. The van der Waals surface area contributed by atoms with Crippen LogP contribution in [0.25, 0.3) is 0 Å². The lowest BCUT2D eigenvalue weighted by Gasteiger charge is -2.08. The fourth-order valence-corrected chi connectivity index (χ4v) is 2.10. The molecule has 5 nitrogen and oxygen atoms in total. The van der Waals surface area contributed by atoms with Crippen molar-refractivity contribution >= 4 is 23.5 Å². The van der Waals surface area contributed by atoms with Gasteiger partial charge in [0.1, 0.15) is 11.6 Å². The lowest BCUT2D eigenvalue weighted by atomic mass is 10.2. The Hall–Kier alpha value is -2.60. The van der Waals surface area contributed by atoms with E-state index in [1.165, 1.54) is 6.07 Å². The van der Waals surface area contributed by atoms with Gasteiger partial charge in [-0.1, -0.05) is 23.7 Å². The molecule has 126 valence electrons. The van der Waals surface area contributed by atoms with Gasteiger partial charge >= 0.3 is 5.97 Å². The molecule has 2 rings (SSSR count). The summed E-state index contributed by atoms with van der Waals surface area (Å²) in [5.41, 5.74) is 0.873. The van der Waals surface area contributed by atoms with Crippen molar-refractivity contribution < 1.29 is 23.5 Å². The molecule has 0 heterocycles.